The molecule has 2 aliphatic rings. The molecule has 5 nitrogen and oxygen atoms in total. The van der Waals surface area contributed by atoms with Crippen LogP contribution in [-0.4, -0.2) is 34.0 Å². The molecule has 2 aromatic rings. The minimum Gasteiger partial charge on any atom is -0.342 e. The number of rotatable bonds is 3. The molecule has 1 aliphatic heterocycles. The molecule has 0 N–H and O–H groups in total. The Kier molecular flexibility index (Phi) is 4.04. The highest BCUT2D eigenvalue weighted by Crippen LogP contribution is 2.50. The van der Waals surface area contributed by atoms with Gasteiger partial charge in [0.15, 0.2) is 5.82 Å². The number of piperidine rings is 1. The Bertz CT molecular complexity index is 760. The van der Waals surface area contributed by atoms with Gasteiger partial charge in [0.2, 0.25) is 11.8 Å². The SMILES string of the molecule is Cc1nc([C@@H]2CCCN(C(=O)[C@H]3C[C@H]3c3ccccc3Cl)C2)no1. The summed E-state index contributed by atoms with van der Waals surface area (Å²) in [5.41, 5.74) is 1.10. The molecule has 0 unspecified atom stereocenters. The van der Waals surface area contributed by atoms with Crippen LogP contribution in [0.3, 0.4) is 0 Å². The average molecular weight is 346 g/mol. The highest BCUT2D eigenvalue weighted by molar-refractivity contribution is 6.31. The van der Waals surface area contributed by atoms with Gasteiger partial charge in [-0.1, -0.05) is 35.0 Å². The van der Waals surface area contributed by atoms with Crippen molar-refractivity contribution in [2.75, 3.05) is 13.1 Å². The average Bonchev–Trinajstić information content (AvgIpc) is 3.27. The summed E-state index contributed by atoms with van der Waals surface area (Å²) in [6, 6.07) is 7.83. The molecule has 4 rings (SSSR count). The molecule has 1 saturated heterocycles. The number of nitrogens with zero attached hydrogens (tertiary/aromatic N) is 3. The summed E-state index contributed by atoms with van der Waals surface area (Å²) >= 11 is 6.27. The maximum Gasteiger partial charge on any atom is 0.226 e. The zero-order valence-corrected chi connectivity index (χ0v) is 14.4. The van der Waals surface area contributed by atoms with E-state index in [1.165, 1.54) is 0 Å². The van der Waals surface area contributed by atoms with Gasteiger partial charge in [-0.15, -0.1) is 0 Å². The molecule has 1 aromatic heterocycles. The lowest BCUT2D eigenvalue weighted by atomic mass is 9.96. The van der Waals surface area contributed by atoms with Gasteiger partial charge in [0.1, 0.15) is 0 Å². The molecule has 126 valence electrons. The predicted octanol–water partition coefficient (Wildman–Crippen LogP) is 3.54. The Hall–Kier alpha value is -1.88. The van der Waals surface area contributed by atoms with Crippen LogP contribution in [0.4, 0.5) is 0 Å². The van der Waals surface area contributed by atoms with E-state index in [4.69, 9.17) is 16.1 Å². The largest absolute Gasteiger partial charge is 0.342 e. The molecule has 0 bridgehead atoms. The van der Waals surface area contributed by atoms with Crippen molar-refractivity contribution in [3.63, 3.8) is 0 Å². The minimum absolute atomic E-state index is 0.0654. The second-order valence-corrected chi connectivity index (χ2v) is 7.17. The highest BCUT2D eigenvalue weighted by Gasteiger charge is 2.47. The van der Waals surface area contributed by atoms with Crippen molar-refractivity contribution in [3.05, 3.63) is 46.6 Å². The van der Waals surface area contributed by atoms with Gasteiger partial charge in [-0.25, -0.2) is 0 Å². The fourth-order valence-corrected chi connectivity index (χ4v) is 3.97. The predicted molar refractivity (Wildman–Crippen MR) is 89.9 cm³/mol. The minimum atomic E-state index is 0.0654. The molecule has 24 heavy (non-hydrogen) atoms. The number of hydrogen-bond acceptors (Lipinski definition) is 4. The number of hydrogen-bond donors (Lipinski definition) is 0. The molecule has 3 atom stereocenters. The Labute approximate surface area is 146 Å². The van der Waals surface area contributed by atoms with Crippen molar-refractivity contribution in [2.45, 2.75) is 38.0 Å². The lowest BCUT2D eigenvalue weighted by Crippen LogP contribution is -2.40. The molecule has 1 aromatic carbocycles. The number of likely N-dealkylation sites (tertiary alicyclic amines) is 1. The lowest BCUT2D eigenvalue weighted by Gasteiger charge is -2.31. The van der Waals surface area contributed by atoms with E-state index in [1.54, 1.807) is 6.92 Å². The number of aromatic nitrogens is 2. The van der Waals surface area contributed by atoms with E-state index in [2.05, 4.69) is 10.1 Å². The first kappa shape index (κ1) is 15.6. The lowest BCUT2D eigenvalue weighted by molar-refractivity contribution is -0.133. The van der Waals surface area contributed by atoms with Gasteiger partial charge in [-0.2, -0.15) is 4.98 Å². The van der Waals surface area contributed by atoms with Gasteiger partial charge in [0, 0.05) is 36.9 Å². The summed E-state index contributed by atoms with van der Waals surface area (Å²) in [7, 11) is 0. The second kappa shape index (κ2) is 6.20. The van der Waals surface area contributed by atoms with Gasteiger partial charge in [-0.05, 0) is 36.8 Å². The molecular weight excluding hydrogens is 326 g/mol. The Morgan fingerprint density at radius 3 is 2.96 bits per heavy atom. The first-order valence-electron chi connectivity index (χ1n) is 8.47. The molecule has 6 heteroatoms. The smallest absolute Gasteiger partial charge is 0.226 e. The van der Waals surface area contributed by atoms with E-state index >= 15 is 0 Å². The number of carbonyl (C=O) groups excluding carboxylic acids is 1. The van der Waals surface area contributed by atoms with E-state index in [1.807, 2.05) is 29.2 Å². The van der Waals surface area contributed by atoms with E-state index in [0.717, 1.165) is 42.2 Å². The van der Waals surface area contributed by atoms with E-state index < -0.39 is 0 Å². The molecule has 0 radical (unpaired) electrons. The van der Waals surface area contributed by atoms with Crippen molar-refractivity contribution in [1.29, 1.82) is 0 Å². The van der Waals surface area contributed by atoms with Crippen LogP contribution in [0.1, 0.15) is 48.4 Å². The summed E-state index contributed by atoms with van der Waals surface area (Å²) in [5.74, 6) is 2.05. The highest BCUT2D eigenvalue weighted by atomic mass is 35.5. The third kappa shape index (κ3) is 2.93. The van der Waals surface area contributed by atoms with Gasteiger partial charge in [0.25, 0.3) is 0 Å². The monoisotopic (exact) mass is 345 g/mol. The van der Waals surface area contributed by atoms with Crippen molar-refractivity contribution >= 4 is 17.5 Å². The van der Waals surface area contributed by atoms with Crippen LogP contribution in [0.5, 0.6) is 0 Å². The van der Waals surface area contributed by atoms with Crippen LogP contribution in [0.15, 0.2) is 28.8 Å². The van der Waals surface area contributed by atoms with Crippen molar-refractivity contribution in [1.82, 2.24) is 15.0 Å². The zero-order valence-electron chi connectivity index (χ0n) is 13.6. The Morgan fingerprint density at radius 1 is 1.38 bits per heavy atom. The summed E-state index contributed by atoms with van der Waals surface area (Å²) in [4.78, 5) is 19.2. The Balaban J connectivity index is 1.43. The second-order valence-electron chi connectivity index (χ2n) is 6.77. The summed E-state index contributed by atoms with van der Waals surface area (Å²) < 4.78 is 5.08. The molecule has 1 aliphatic carbocycles. The van der Waals surface area contributed by atoms with E-state index in [-0.39, 0.29) is 23.7 Å². The third-order valence-electron chi connectivity index (χ3n) is 5.05. The van der Waals surface area contributed by atoms with Gasteiger partial charge in [-0.3, -0.25) is 4.79 Å². The molecule has 2 heterocycles. The quantitative estimate of drug-likeness (QED) is 0.853. The third-order valence-corrected chi connectivity index (χ3v) is 5.40. The van der Waals surface area contributed by atoms with Crippen LogP contribution in [0.2, 0.25) is 5.02 Å². The summed E-state index contributed by atoms with van der Waals surface area (Å²) in [6.45, 7) is 3.29. The fourth-order valence-electron chi connectivity index (χ4n) is 3.69. The van der Waals surface area contributed by atoms with Crippen LogP contribution < -0.4 is 0 Å². The molecule has 1 amide bonds. The molecule has 1 saturated carbocycles. The topological polar surface area (TPSA) is 59.2 Å². The Morgan fingerprint density at radius 2 is 2.21 bits per heavy atom. The number of aryl methyl sites for hydroxylation is 1. The van der Waals surface area contributed by atoms with Crippen LogP contribution in [0, 0.1) is 12.8 Å². The number of carbonyl (C=O) groups is 1. The van der Waals surface area contributed by atoms with Gasteiger partial charge < -0.3 is 9.42 Å². The molecule has 0 spiro atoms. The number of halogens is 1. The van der Waals surface area contributed by atoms with Crippen LogP contribution in [-0.2, 0) is 4.79 Å². The summed E-state index contributed by atoms with van der Waals surface area (Å²) in [6.07, 6.45) is 2.87. The van der Waals surface area contributed by atoms with Crippen molar-refractivity contribution in [3.8, 4) is 0 Å². The first-order valence-corrected chi connectivity index (χ1v) is 8.84. The number of amides is 1. The van der Waals surface area contributed by atoms with Crippen LogP contribution >= 0.6 is 11.6 Å². The van der Waals surface area contributed by atoms with Crippen molar-refractivity contribution in [2.24, 2.45) is 5.92 Å². The van der Waals surface area contributed by atoms with Gasteiger partial charge in [0.05, 0.1) is 0 Å². The van der Waals surface area contributed by atoms with Crippen LogP contribution in [0.25, 0.3) is 0 Å². The maximum absolute atomic E-state index is 12.9. The van der Waals surface area contributed by atoms with E-state index in [0.29, 0.717) is 12.4 Å². The first-order chi connectivity index (χ1) is 11.6. The standard InChI is InChI=1S/C18H20ClN3O2/c1-11-20-17(21-24-11)12-5-4-8-22(10-12)18(23)15-9-14(15)13-6-2-3-7-16(13)19/h2-3,6-7,12,14-15H,4-5,8-10H2,1H3/t12-,14+,15+/m1/s1. The normalized spacial score (nSPS) is 26.4. The maximum atomic E-state index is 12.9. The van der Waals surface area contributed by atoms with E-state index in [9.17, 15) is 4.79 Å². The molecular formula is C18H20ClN3O2. The zero-order chi connectivity index (χ0) is 16.7. The van der Waals surface area contributed by atoms with Gasteiger partial charge >= 0.3 is 0 Å². The summed E-state index contributed by atoms with van der Waals surface area (Å²) in [5, 5.41) is 4.79. The number of benzene rings is 1. The fraction of sp³-hybridized carbons (Fsp3) is 0.500. The molecule has 2 fully saturated rings. The van der Waals surface area contributed by atoms with Crippen molar-refractivity contribution < 1.29 is 9.32 Å².